The van der Waals surface area contributed by atoms with E-state index in [1.54, 1.807) is 31.2 Å². The number of rotatable bonds is 9. The van der Waals surface area contributed by atoms with Gasteiger partial charge in [0.2, 0.25) is 5.88 Å². The first kappa shape index (κ1) is 27.6. The fraction of sp³-hybridized carbons (Fsp3) is 0.308. The lowest BCUT2D eigenvalue weighted by Crippen LogP contribution is -2.51. The smallest absolute Gasteiger partial charge is 0.417 e. The summed E-state index contributed by atoms with van der Waals surface area (Å²) in [4.78, 5) is 21.2. The summed E-state index contributed by atoms with van der Waals surface area (Å²) < 4.78 is 57.4. The SMILES string of the molecule is CC(NC(=O)C(C)(C)Oc1ccc(C(F)(F)F)cn1)C(Cc1ccc(F)cc1)c1cc(C(=N)N)ccn1. The molecule has 0 aliphatic carbocycles. The quantitative estimate of drug-likeness (QED) is 0.218. The summed E-state index contributed by atoms with van der Waals surface area (Å²) in [6, 6.07) is 10.6. The number of benzene rings is 1. The van der Waals surface area contributed by atoms with Crippen molar-refractivity contribution in [1.82, 2.24) is 15.3 Å². The molecule has 7 nitrogen and oxygen atoms in total. The molecule has 1 amide bonds. The van der Waals surface area contributed by atoms with Gasteiger partial charge >= 0.3 is 6.18 Å². The van der Waals surface area contributed by atoms with E-state index in [-0.39, 0.29) is 17.5 Å². The zero-order valence-electron chi connectivity index (χ0n) is 20.4. The number of carbonyl (C=O) groups is 1. The number of halogens is 4. The van der Waals surface area contributed by atoms with Crippen LogP contribution < -0.4 is 15.8 Å². The molecule has 3 aromatic rings. The molecule has 2 unspecified atom stereocenters. The maximum Gasteiger partial charge on any atom is 0.417 e. The molecule has 2 atom stereocenters. The van der Waals surface area contributed by atoms with Gasteiger partial charge < -0.3 is 15.8 Å². The van der Waals surface area contributed by atoms with Crippen LogP contribution in [0.4, 0.5) is 17.6 Å². The number of amidine groups is 1. The number of amides is 1. The van der Waals surface area contributed by atoms with Gasteiger partial charge in [-0.05, 0) is 63.1 Å². The van der Waals surface area contributed by atoms with E-state index >= 15 is 0 Å². The molecule has 3 rings (SSSR count). The third kappa shape index (κ3) is 7.25. The minimum atomic E-state index is -4.54. The lowest BCUT2D eigenvalue weighted by Gasteiger charge is -2.30. The maximum absolute atomic E-state index is 13.4. The Balaban J connectivity index is 1.81. The number of nitrogen functional groups attached to an aromatic ring is 1. The lowest BCUT2D eigenvalue weighted by atomic mass is 9.88. The van der Waals surface area contributed by atoms with Crippen LogP contribution in [0.2, 0.25) is 0 Å². The standard InChI is InChI=1S/C26H27F4N5O2/c1-15(35-24(36)25(2,3)37-22-9-6-18(14-34-22)26(28,29)30)20(12-16-4-7-19(27)8-5-16)21-13-17(23(31)32)10-11-33-21/h4-11,13-15,20H,12H2,1-3H3,(H3,31,32)(H,35,36). The van der Waals surface area contributed by atoms with Gasteiger partial charge in [-0.25, -0.2) is 9.37 Å². The van der Waals surface area contributed by atoms with Crippen molar-refractivity contribution in [2.45, 2.75) is 50.9 Å². The predicted molar refractivity (Wildman–Crippen MR) is 130 cm³/mol. The van der Waals surface area contributed by atoms with Crippen LogP contribution in [0.3, 0.4) is 0 Å². The molecule has 0 aliphatic heterocycles. The fourth-order valence-electron chi connectivity index (χ4n) is 3.63. The van der Waals surface area contributed by atoms with E-state index in [0.29, 0.717) is 23.9 Å². The van der Waals surface area contributed by atoms with Gasteiger partial charge in [-0.3, -0.25) is 15.2 Å². The molecule has 2 aromatic heterocycles. The number of pyridine rings is 2. The van der Waals surface area contributed by atoms with E-state index in [2.05, 4.69) is 15.3 Å². The van der Waals surface area contributed by atoms with Crippen molar-refractivity contribution >= 4 is 11.7 Å². The van der Waals surface area contributed by atoms with Crippen LogP contribution in [0.1, 0.15) is 49.1 Å². The van der Waals surface area contributed by atoms with Gasteiger partial charge in [-0.2, -0.15) is 13.2 Å². The molecule has 11 heteroatoms. The summed E-state index contributed by atoms with van der Waals surface area (Å²) in [5, 5.41) is 10.6. The normalized spacial score (nSPS) is 13.5. The number of nitrogens with zero attached hydrogens (tertiary/aromatic N) is 2. The van der Waals surface area contributed by atoms with Crippen molar-refractivity contribution in [1.29, 1.82) is 5.41 Å². The Morgan fingerprint density at radius 2 is 1.78 bits per heavy atom. The van der Waals surface area contributed by atoms with Crippen LogP contribution in [-0.4, -0.2) is 33.4 Å². The van der Waals surface area contributed by atoms with Gasteiger partial charge in [0.15, 0.2) is 5.60 Å². The zero-order valence-corrected chi connectivity index (χ0v) is 20.4. The molecular weight excluding hydrogens is 490 g/mol. The minimum Gasteiger partial charge on any atom is -0.462 e. The first-order valence-corrected chi connectivity index (χ1v) is 11.3. The highest BCUT2D eigenvalue weighted by atomic mass is 19.4. The van der Waals surface area contributed by atoms with Crippen LogP contribution in [0.15, 0.2) is 60.9 Å². The molecule has 0 spiro atoms. The second kappa shape index (κ2) is 10.9. The van der Waals surface area contributed by atoms with Gasteiger partial charge in [0, 0.05) is 41.7 Å². The van der Waals surface area contributed by atoms with Crippen LogP contribution in [0.25, 0.3) is 0 Å². The predicted octanol–water partition coefficient (Wildman–Crippen LogP) is 4.61. The van der Waals surface area contributed by atoms with Gasteiger partial charge in [-0.1, -0.05) is 12.1 Å². The van der Waals surface area contributed by atoms with Crippen molar-refractivity contribution in [3.8, 4) is 5.88 Å². The summed E-state index contributed by atoms with van der Waals surface area (Å²) >= 11 is 0. The summed E-state index contributed by atoms with van der Waals surface area (Å²) in [5.41, 5.74) is 5.05. The molecule has 196 valence electrons. The molecule has 4 N–H and O–H groups in total. The van der Waals surface area contributed by atoms with E-state index in [1.807, 2.05) is 0 Å². The van der Waals surface area contributed by atoms with Crippen molar-refractivity contribution in [2.75, 3.05) is 0 Å². The number of alkyl halides is 3. The molecule has 37 heavy (non-hydrogen) atoms. The first-order chi connectivity index (χ1) is 17.3. The average molecular weight is 518 g/mol. The van der Waals surface area contributed by atoms with Crippen LogP contribution in [-0.2, 0) is 17.4 Å². The van der Waals surface area contributed by atoms with E-state index in [9.17, 15) is 22.4 Å². The molecule has 0 fully saturated rings. The van der Waals surface area contributed by atoms with Gasteiger partial charge in [0.1, 0.15) is 11.7 Å². The highest BCUT2D eigenvalue weighted by Gasteiger charge is 2.35. The largest absolute Gasteiger partial charge is 0.462 e. The fourth-order valence-corrected chi connectivity index (χ4v) is 3.63. The van der Waals surface area contributed by atoms with Crippen LogP contribution in [0, 0.1) is 11.2 Å². The van der Waals surface area contributed by atoms with Gasteiger partial charge in [0.25, 0.3) is 5.91 Å². The summed E-state index contributed by atoms with van der Waals surface area (Å²) in [7, 11) is 0. The number of nitrogens with two attached hydrogens (primary N) is 1. The molecule has 0 bridgehead atoms. The molecule has 2 heterocycles. The van der Waals surface area contributed by atoms with Crippen LogP contribution >= 0.6 is 0 Å². The molecule has 0 aliphatic rings. The van der Waals surface area contributed by atoms with Crippen molar-refractivity contribution in [2.24, 2.45) is 5.73 Å². The second-order valence-electron chi connectivity index (χ2n) is 9.08. The number of hydrogen-bond donors (Lipinski definition) is 3. The topological polar surface area (TPSA) is 114 Å². The Hall–Kier alpha value is -4.02. The minimum absolute atomic E-state index is 0.139. The summed E-state index contributed by atoms with van der Waals surface area (Å²) in [5.74, 6) is -1.59. The first-order valence-electron chi connectivity index (χ1n) is 11.3. The Kier molecular flexibility index (Phi) is 8.15. The maximum atomic E-state index is 13.4. The second-order valence-corrected chi connectivity index (χ2v) is 9.08. The monoisotopic (exact) mass is 517 g/mol. The van der Waals surface area contributed by atoms with E-state index in [4.69, 9.17) is 15.9 Å². The Morgan fingerprint density at radius 1 is 1.11 bits per heavy atom. The Morgan fingerprint density at radius 3 is 2.35 bits per heavy atom. The van der Waals surface area contributed by atoms with E-state index in [0.717, 1.165) is 17.7 Å². The van der Waals surface area contributed by atoms with Gasteiger partial charge in [-0.15, -0.1) is 0 Å². The van der Waals surface area contributed by atoms with Crippen molar-refractivity contribution in [3.63, 3.8) is 0 Å². The number of nitrogens with one attached hydrogen (secondary N) is 2. The zero-order chi connectivity index (χ0) is 27.4. The van der Waals surface area contributed by atoms with Gasteiger partial charge in [0.05, 0.1) is 5.56 Å². The number of carbonyl (C=O) groups excluding carboxylic acids is 1. The Labute approximate surface area is 211 Å². The Bertz CT molecular complexity index is 1250. The van der Waals surface area contributed by atoms with Crippen LogP contribution in [0.5, 0.6) is 5.88 Å². The molecule has 0 saturated heterocycles. The van der Waals surface area contributed by atoms with E-state index < -0.39 is 35.2 Å². The summed E-state index contributed by atoms with van der Waals surface area (Å²) in [6.45, 7) is 4.71. The molecule has 0 saturated carbocycles. The molecular formula is C26H27F4N5O2. The number of aromatic nitrogens is 2. The number of hydrogen-bond acceptors (Lipinski definition) is 5. The highest BCUT2D eigenvalue weighted by molar-refractivity contribution is 5.94. The molecule has 1 aromatic carbocycles. The van der Waals surface area contributed by atoms with Crippen molar-refractivity contribution in [3.05, 3.63) is 89.1 Å². The van der Waals surface area contributed by atoms with E-state index in [1.165, 1.54) is 32.2 Å². The van der Waals surface area contributed by atoms with Crippen molar-refractivity contribution < 1.29 is 27.1 Å². The number of ether oxygens (including phenoxy) is 1. The summed E-state index contributed by atoms with van der Waals surface area (Å²) in [6.07, 6.45) is -2.00. The third-order valence-electron chi connectivity index (χ3n) is 5.77. The third-order valence-corrected chi connectivity index (χ3v) is 5.77. The molecule has 0 radical (unpaired) electrons. The highest BCUT2D eigenvalue weighted by Crippen LogP contribution is 2.30. The lowest BCUT2D eigenvalue weighted by molar-refractivity contribution is -0.138. The average Bonchev–Trinajstić information content (AvgIpc) is 2.83.